The van der Waals surface area contributed by atoms with Crippen LogP contribution in [0.3, 0.4) is 0 Å². The predicted octanol–water partition coefficient (Wildman–Crippen LogP) is 2.91. The molecule has 9 heteroatoms. The third-order valence-electron chi connectivity index (χ3n) is 3.45. The zero-order valence-corrected chi connectivity index (χ0v) is 16.4. The van der Waals surface area contributed by atoms with Gasteiger partial charge in [0.15, 0.2) is 5.16 Å². The summed E-state index contributed by atoms with van der Waals surface area (Å²) in [6.45, 7) is 6.06. The number of nitrogens with one attached hydrogen (secondary N) is 1. The summed E-state index contributed by atoms with van der Waals surface area (Å²) in [4.78, 5) is 25.3. The Morgan fingerprint density at radius 3 is 2.64 bits per heavy atom. The summed E-state index contributed by atoms with van der Waals surface area (Å²) in [5.41, 5.74) is 0.411. The Hall–Kier alpha value is -1.87. The van der Waals surface area contributed by atoms with Crippen molar-refractivity contribution in [2.75, 3.05) is 17.7 Å². The van der Waals surface area contributed by atoms with Gasteiger partial charge in [-0.1, -0.05) is 25.6 Å². The van der Waals surface area contributed by atoms with Crippen molar-refractivity contribution in [2.24, 2.45) is 7.05 Å². The first-order valence-corrected chi connectivity index (χ1v) is 9.91. The van der Waals surface area contributed by atoms with Crippen molar-refractivity contribution in [1.29, 1.82) is 0 Å². The number of ether oxygens (including phenoxy) is 1. The van der Waals surface area contributed by atoms with Gasteiger partial charge in [0, 0.05) is 18.3 Å². The van der Waals surface area contributed by atoms with Gasteiger partial charge in [0.05, 0.1) is 17.9 Å². The molecule has 0 aliphatic heterocycles. The Morgan fingerprint density at radius 1 is 1.28 bits per heavy atom. The van der Waals surface area contributed by atoms with E-state index in [-0.39, 0.29) is 11.7 Å². The fourth-order valence-corrected chi connectivity index (χ4v) is 3.87. The van der Waals surface area contributed by atoms with Crippen molar-refractivity contribution in [3.8, 4) is 0 Å². The molecule has 2 heterocycles. The molecule has 0 atom stereocenters. The lowest BCUT2D eigenvalue weighted by molar-refractivity contribution is -0.113. The molecule has 1 N–H and O–H groups in total. The van der Waals surface area contributed by atoms with Crippen LogP contribution in [0, 0.1) is 0 Å². The number of hydrogen-bond acceptors (Lipinski definition) is 7. The first-order chi connectivity index (χ1) is 12.0. The maximum Gasteiger partial charge on any atom is 0.341 e. The average Bonchev–Trinajstić information content (AvgIpc) is 3.16. The molecule has 0 saturated carbocycles. The second kappa shape index (κ2) is 9.00. The molecule has 0 aliphatic carbocycles. The van der Waals surface area contributed by atoms with Gasteiger partial charge < -0.3 is 14.6 Å². The third-order valence-corrected chi connectivity index (χ3v) is 5.67. The molecular weight excluding hydrogens is 360 g/mol. The summed E-state index contributed by atoms with van der Waals surface area (Å²) < 4.78 is 6.94. The van der Waals surface area contributed by atoms with Crippen LogP contribution in [0.25, 0.3) is 0 Å². The van der Waals surface area contributed by atoms with Crippen LogP contribution in [0.5, 0.6) is 0 Å². The lowest BCUT2D eigenvalue weighted by Gasteiger charge is -2.06. The Bertz CT molecular complexity index is 755. The Balaban J connectivity index is 2.03. The fourth-order valence-electron chi connectivity index (χ4n) is 2.14. The lowest BCUT2D eigenvalue weighted by Crippen LogP contribution is -2.16. The molecule has 25 heavy (non-hydrogen) atoms. The van der Waals surface area contributed by atoms with Gasteiger partial charge in [-0.25, -0.2) is 4.79 Å². The molecule has 0 saturated heterocycles. The summed E-state index contributed by atoms with van der Waals surface area (Å²) in [5, 5.41) is 12.2. The van der Waals surface area contributed by atoms with E-state index in [1.54, 1.807) is 13.0 Å². The van der Waals surface area contributed by atoms with E-state index < -0.39 is 5.97 Å². The van der Waals surface area contributed by atoms with Crippen LogP contribution in [0.1, 0.15) is 41.8 Å². The maximum absolute atomic E-state index is 12.3. The third kappa shape index (κ3) is 4.82. The van der Waals surface area contributed by atoms with Crippen LogP contribution in [-0.2, 0) is 29.4 Å². The molecule has 0 fully saturated rings. The van der Waals surface area contributed by atoms with Crippen LogP contribution >= 0.6 is 23.1 Å². The monoisotopic (exact) mass is 382 g/mol. The van der Waals surface area contributed by atoms with E-state index >= 15 is 0 Å². The number of esters is 1. The number of aryl methyl sites for hydroxylation is 2. The molecule has 2 aromatic rings. The Morgan fingerprint density at radius 2 is 2.04 bits per heavy atom. The van der Waals surface area contributed by atoms with Crippen LogP contribution in [0.2, 0.25) is 0 Å². The van der Waals surface area contributed by atoms with Crippen molar-refractivity contribution in [3.63, 3.8) is 0 Å². The van der Waals surface area contributed by atoms with Crippen molar-refractivity contribution in [2.45, 2.75) is 38.8 Å². The number of carbonyl (C=O) groups excluding carboxylic acids is 2. The van der Waals surface area contributed by atoms with Gasteiger partial charge >= 0.3 is 5.97 Å². The summed E-state index contributed by atoms with van der Waals surface area (Å²) in [6, 6.07) is 1.78. The lowest BCUT2D eigenvalue weighted by atomic mass is 10.2. The van der Waals surface area contributed by atoms with Crippen LogP contribution in [0.4, 0.5) is 5.00 Å². The smallest absolute Gasteiger partial charge is 0.341 e. The number of nitrogens with zero attached hydrogens (tertiary/aromatic N) is 3. The maximum atomic E-state index is 12.3. The molecule has 2 aromatic heterocycles. The van der Waals surface area contributed by atoms with Crippen molar-refractivity contribution in [3.05, 3.63) is 22.3 Å². The number of thioether (sulfide) groups is 1. The summed E-state index contributed by atoms with van der Waals surface area (Å²) in [6.07, 6.45) is 1.58. The minimum atomic E-state index is -0.415. The number of carbonyl (C=O) groups is 2. The van der Waals surface area contributed by atoms with Gasteiger partial charge in [-0.15, -0.1) is 21.5 Å². The van der Waals surface area contributed by atoms with Gasteiger partial charge in [-0.05, 0) is 19.4 Å². The minimum Gasteiger partial charge on any atom is -0.462 e. The van der Waals surface area contributed by atoms with E-state index in [2.05, 4.69) is 15.5 Å². The van der Waals surface area contributed by atoms with E-state index in [0.29, 0.717) is 22.3 Å². The van der Waals surface area contributed by atoms with Crippen molar-refractivity contribution >= 4 is 40.0 Å². The molecule has 0 aliphatic rings. The molecule has 2 rings (SSSR count). The standard InChI is InChI=1S/C16H22N4O3S2/c1-5-10-8-11(15(22)23-7-3)14(25-10)17-13(21)9-24-16-19-18-12(6-2)20(16)4/h8H,5-7,9H2,1-4H3,(H,17,21). The number of aromatic nitrogens is 3. The van der Waals surface area contributed by atoms with Crippen LogP contribution in [-0.4, -0.2) is 39.0 Å². The van der Waals surface area contributed by atoms with E-state index in [4.69, 9.17) is 4.74 Å². The summed E-state index contributed by atoms with van der Waals surface area (Å²) in [7, 11) is 1.88. The Kier molecular flexibility index (Phi) is 7.01. The summed E-state index contributed by atoms with van der Waals surface area (Å²) in [5.74, 6) is 0.457. The molecule has 136 valence electrons. The molecule has 0 unspecified atom stereocenters. The van der Waals surface area contributed by atoms with E-state index in [0.717, 1.165) is 23.5 Å². The van der Waals surface area contributed by atoms with Crippen molar-refractivity contribution < 1.29 is 14.3 Å². The minimum absolute atomic E-state index is 0.192. The number of hydrogen-bond donors (Lipinski definition) is 1. The van der Waals surface area contributed by atoms with E-state index in [1.807, 2.05) is 25.5 Å². The molecule has 0 aromatic carbocycles. The van der Waals surface area contributed by atoms with Crippen LogP contribution in [0.15, 0.2) is 11.2 Å². The number of anilines is 1. The SMILES string of the molecule is CCOC(=O)c1cc(CC)sc1NC(=O)CSc1nnc(CC)n1C. The second-order valence-corrected chi connectivity index (χ2v) is 7.26. The first kappa shape index (κ1) is 19.5. The average molecular weight is 383 g/mol. The second-order valence-electron chi connectivity index (χ2n) is 5.18. The zero-order chi connectivity index (χ0) is 18.4. The molecule has 1 amide bonds. The van der Waals surface area contributed by atoms with Gasteiger partial charge in [-0.2, -0.15) is 0 Å². The molecule has 0 spiro atoms. The highest BCUT2D eigenvalue weighted by Gasteiger charge is 2.19. The molecule has 0 radical (unpaired) electrons. The molecule has 0 bridgehead atoms. The first-order valence-electron chi connectivity index (χ1n) is 8.10. The van der Waals surface area contributed by atoms with Gasteiger partial charge in [-0.3, -0.25) is 4.79 Å². The van der Waals surface area contributed by atoms with Gasteiger partial charge in [0.2, 0.25) is 5.91 Å². The zero-order valence-electron chi connectivity index (χ0n) is 14.8. The normalized spacial score (nSPS) is 10.7. The highest BCUT2D eigenvalue weighted by molar-refractivity contribution is 7.99. The summed E-state index contributed by atoms with van der Waals surface area (Å²) >= 11 is 2.71. The van der Waals surface area contributed by atoms with Gasteiger partial charge in [0.25, 0.3) is 0 Å². The number of amides is 1. The number of thiophene rings is 1. The Labute approximate surface area is 155 Å². The topological polar surface area (TPSA) is 86.1 Å². The molecular formula is C16H22N4O3S2. The fraction of sp³-hybridized carbons (Fsp3) is 0.500. The predicted molar refractivity (Wildman–Crippen MR) is 99.4 cm³/mol. The van der Waals surface area contributed by atoms with Crippen molar-refractivity contribution in [1.82, 2.24) is 14.8 Å². The highest BCUT2D eigenvalue weighted by Crippen LogP contribution is 2.29. The van der Waals surface area contributed by atoms with Gasteiger partial charge in [0.1, 0.15) is 10.8 Å². The largest absolute Gasteiger partial charge is 0.462 e. The molecule has 7 nitrogen and oxygen atoms in total. The van der Waals surface area contributed by atoms with E-state index in [1.165, 1.54) is 23.1 Å². The van der Waals surface area contributed by atoms with Crippen LogP contribution < -0.4 is 5.32 Å². The highest BCUT2D eigenvalue weighted by atomic mass is 32.2. The quantitative estimate of drug-likeness (QED) is 0.558. The number of rotatable bonds is 8. The van der Waals surface area contributed by atoms with E-state index in [9.17, 15) is 9.59 Å².